The second-order valence-electron chi connectivity index (χ2n) is 6.14. The number of nitrogens with one attached hydrogen (secondary N) is 1. The lowest BCUT2D eigenvalue weighted by molar-refractivity contribution is -0.153. The lowest BCUT2D eigenvalue weighted by Gasteiger charge is -2.19. The summed E-state index contributed by atoms with van der Waals surface area (Å²) in [5, 5.41) is 5.36. The Bertz CT molecular complexity index is 549. The highest BCUT2D eigenvalue weighted by Crippen LogP contribution is 2.16. The number of carbonyl (C=O) groups excluding carboxylic acids is 2. The summed E-state index contributed by atoms with van der Waals surface area (Å²) in [5.74, 6) is -1.03. The molecule has 7 heteroatoms. The van der Waals surface area contributed by atoms with E-state index in [1.165, 1.54) is 0 Å². The van der Waals surface area contributed by atoms with Crippen LogP contribution in [0.2, 0.25) is 0 Å². The third-order valence-electron chi connectivity index (χ3n) is 3.04. The Morgan fingerprint density at radius 3 is 2.35 bits per heavy atom. The van der Waals surface area contributed by atoms with Crippen LogP contribution in [0.15, 0.2) is 29.4 Å². The highest BCUT2D eigenvalue weighted by atomic mass is 16.6. The first-order chi connectivity index (χ1) is 10.8. The van der Waals surface area contributed by atoms with Crippen LogP contribution in [0, 0.1) is 4.91 Å². The van der Waals surface area contributed by atoms with Gasteiger partial charge in [0.15, 0.2) is 0 Å². The number of carbonyl (C=O) groups is 2. The fraction of sp³-hybridized carbons (Fsp3) is 0.500. The molecule has 1 atom stereocenters. The van der Waals surface area contributed by atoms with Gasteiger partial charge in [-0.3, -0.25) is 9.59 Å². The summed E-state index contributed by atoms with van der Waals surface area (Å²) in [6, 6.07) is 6.69. The Labute approximate surface area is 135 Å². The molecule has 23 heavy (non-hydrogen) atoms. The standard InChI is InChI=1S/C16H23N3O4/c1-16(2,3)23-14(20)10-18-15(21)12-6-4-11(5-7-12)13(8-17)9-19-22/h4-7,13H,8-10,17H2,1-3H3,(H,18,21). The summed E-state index contributed by atoms with van der Waals surface area (Å²) >= 11 is 0. The van der Waals surface area contributed by atoms with E-state index in [9.17, 15) is 14.5 Å². The molecule has 1 aromatic rings. The average Bonchev–Trinajstić information content (AvgIpc) is 2.49. The Balaban J connectivity index is 2.60. The van der Waals surface area contributed by atoms with Gasteiger partial charge in [-0.2, -0.15) is 4.91 Å². The summed E-state index contributed by atoms with van der Waals surface area (Å²) in [4.78, 5) is 33.9. The average molecular weight is 321 g/mol. The number of hydrogen-bond donors (Lipinski definition) is 2. The minimum Gasteiger partial charge on any atom is -0.459 e. The molecule has 0 fully saturated rings. The van der Waals surface area contributed by atoms with Gasteiger partial charge in [0.2, 0.25) is 0 Å². The number of ether oxygens (including phenoxy) is 1. The highest BCUT2D eigenvalue weighted by molar-refractivity contribution is 5.95. The molecule has 0 aliphatic heterocycles. The summed E-state index contributed by atoms with van der Waals surface area (Å²) in [6.45, 7) is 5.48. The molecule has 0 aliphatic carbocycles. The van der Waals surface area contributed by atoms with Crippen LogP contribution in [0.3, 0.4) is 0 Å². The van der Waals surface area contributed by atoms with Gasteiger partial charge in [0, 0.05) is 18.0 Å². The van der Waals surface area contributed by atoms with E-state index in [1.54, 1.807) is 45.0 Å². The Hall–Kier alpha value is -2.28. The molecule has 0 bridgehead atoms. The Morgan fingerprint density at radius 2 is 1.87 bits per heavy atom. The van der Waals surface area contributed by atoms with Crippen molar-refractivity contribution in [3.8, 4) is 0 Å². The SMILES string of the molecule is CC(C)(C)OC(=O)CNC(=O)c1ccc(C(CN)CN=O)cc1. The molecule has 0 aliphatic rings. The zero-order valence-corrected chi connectivity index (χ0v) is 13.7. The molecule has 0 saturated heterocycles. The van der Waals surface area contributed by atoms with Gasteiger partial charge in [-0.05, 0) is 38.5 Å². The number of esters is 1. The maximum atomic E-state index is 12.0. The Morgan fingerprint density at radius 1 is 1.26 bits per heavy atom. The van der Waals surface area contributed by atoms with Crippen molar-refractivity contribution in [3.05, 3.63) is 40.3 Å². The van der Waals surface area contributed by atoms with Crippen LogP contribution in [0.1, 0.15) is 42.6 Å². The van der Waals surface area contributed by atoms with Crippen LogP contribution >= 0.6 is 0 Å². The number of hydrogen-bond acceptors (Lipinski definition) is 6. The smallest absolute Gasteiger partial charge is 0.325 e. The van der Waals surface area contributed by atoms with Gasteiger partial charge in [-0.15, -0.1) is 0 Å². The topological polar surface area (TPSA) is 111 Å². The lowest BCUT2D eigenvalue weighted by atomic mass is 9.98. The second kappa shape index (κ2) is 8.38. The molecule has 0 spiro atoms. The number of benzene rings is 1. The normalized spacial score (nSPS) is 12.3. The van der Waals surface area contributed by atoms with Crippen molar-refractivity contribution in [3.63, 3.8) is 0 Å². The van der Waals surface area contributed by atoms with Crippen LogP contribution < -0.4 is 11.1 Å². The number of rotatable bonds is 7. The summed E-state index contributed by atoms with van der Waals surface area (Å²) in [7, 11) is 0. The van der Waals surface area contributed by atoms with E-state index in [-0.39, 0.29) is 24.9 Å². The molecule has 7 nitrogen and oxygen atoms in total. The number of nitrogens with zero attached hydrogens (tertiary/aromatic N) is 1. The van der Waals surface area contributed by atoms with Crippen LogP contribution in [0.5, 0.6) is 0 Å². The molecular weight excluding hydrogens is 298 g/mol. The molecule has 0 aromatic heterocycles. The number of nitrogens with two attached hydrogens (primary N) is 1. The van der Waals surface area contributed by atoms with Gasteiger partial charge in [0.05, 0.1) is 6.54 Å². The molecule has 1 rings (SSSR count). The van der Waals surface area contributed by atoms with Crippen molar-refractivity contribution in [2.75, 3.05) is 19.6 Å². The largest absolute Gasteiger partial charge is 0.459 e. The van der Waals surface area contributed by atoms with E-state index in [4.69, 9.17) is 10.5 Å². The van der Waals surface area contributed by atoms with Gasteiger partial charge in [0.25, 0.3) is 5.91 Å². The van der Waals surface area contributed by atoms with Crippen molar-refractivity contribution in [2.24, 2.45) is 10.9 Å². The molecule has 1 amide bonds. The van der Waals surface area contributed by atoms with Crippen LogP contribution in [0.4, 0.5) is 0 Å². The fourth-order valence-corrected chi connectivity index (χ4v) is 1.94. The molecule has 3 N–H and O–H groups in total. The van der Waals surface area contributed by atoms with E-state index in [0.29, 0.717) is 12.1 Å². The van der Waals surface area contributed by atoms with Crippen LogP contribution in [-0.4, -0.2) is 37.1 Å². The molecule has 126 valence electrons. The fourth-order valence-electron chi connectivity index (χ4n) is 1.94. The predicted molar refractivity (Wildman–Crippen MR) is 87.1 cm³/mol. The van der Waals surface area contributed by atoms with E-state index in [0.717, 1.165) is 5.56 Å². The Kier molecular flexibility index (Phi) is 6.84. The molecule has 1 aromatic carbocycles. The number of nitroso groups, excluding NO2 is 1. The predicted octanol–water partition coefficient (Wildman–Crippen LogP) is 1.57. The summed E-state index contributed by atoms with van der Waals surface area (Å²) < 4.78 is 5.11. The van der Waals surface area contributed by atoms with Crippen LogP contribution in [0.25, 0.3) is 0 Å². The van der Waals surface area contributed by atoms with Crippen molar-refractivity contribution < 1.29 is 14.3 Å². The molecule has 1 unspecified atom stereocenters. The van der Waals surface area contributed by atoms with E-state index >= 15 is 0 Å². The van der Waals surface area contributed by atoms with Gasteiger partial charge in [-0.25, -0.2) is 0 Å². The van der Waals surface area contributed by atoms with Crippen molar-refractivity contribution >= 4 is 11.9 Å². The first-order valence-electron chi connectivity index (χ1n) is 7.36. The first kappa shape index (κ1) is 18.8. The molecule has 0 heterocycles. The second-order valence-corrected chi connectivity index (χ2v) is 6.14. The first-order valence-corrected chi connectivity index (χ1v) is 7.36. The number of amides is 1. The molecule has 0 saturated carbocycles. The summed E-state index contributed by atoms with van der Waals surface area (Å²) in [5.41, 5.74) is 6.25. The van der Waals surface area contributed by atoms with Crippen molar-refractivity contribution in [1.82, 2.24) is 5.32 Å². The van der Waals surface area contributed by atoms with Crippen molar-refractivity contribution in [2.45, 2.75) is 32.3 Å². The third kappa shape index (κ3) is 6.56. The summed E-state index contributed by atoms with van der Waals surface area (Å²) in [6.07, 6.45) is 0. The maximum Gasteiger partial charge on any atom is 0.325 e. The van der Waals surface area contributed by atoms with Crippen molar-refractivity contribution in [1.29, 1.82) is 0 Å². The van der Waals surface area contributed by atoms with Gasteiger partial charge >= 0.3 is 5.97 Å². The third-order valence-corrected chi connectivity index (χ3v) is 3.04. The van der Waals surface area contributed by atoms with E-state index in [1.807, 2.05) is 0 Å². The molecular formula is C16H23N3O4. The van der Waals surface area contributed by atoms with Crippen LogP contribution in [-0.2, 0) is 9.53 Å². The quantitative estimate of drug-likeness (QED) is 0.585. The molecule has 0 radical (unpaired) electrons. The zero-order chi connectivity index (χ0) is 17.5. The highest BCUT2D eigenvalue weighted by Gasteiger charge is 2.17. The lowest BCUT2D eigenvalue weighted by Crippen LogP contribution is -2.34. The van der Waals surface area contributed by atoms with Gasteiger partial charge < -0.3 is 15.8 Å². The van der Waals surface area contributed by atoms with E-state index in [2.05, 4.69) is 10.5 Å². The van der Waals surface area contributed by atoms with E-state index < -0.39 is 11.6 Å². The minimum absolute atomic E-state index is 0.0979. The maximum absolute atomic E-state index is 12.0. The zero-order valence-electron chi connectivity index (χ0n) is 13.7. The minimum atomic E-state index is -0.590. The monoisotopic (exact) mass is 321 g/mol. The van der Waals surface area contributed by atoms with Gasteiger partial charge in [0.1, 0.15) is 12.1 Å². The van der Waals surface area contributed by atoms with Gasteiger partial charge in [-0.1, -0.05) is 17.3 Å².